The van der Waals surface area contributed by atoms with Crippen LogP contribution in [0, 0.1) is 11.8 Å². The molecular formula is C35H46BrN3O7. The third-order valence-corrected chi connectivity index (χ3v) is 10.9. The van der Waals surface area contributed by atoms with Gasteiger partial charge < -0.3 is 29.7 Å². The molecule has 2 N–H and O–H groups in total. The summed E-state index contributed by atoms with van der Waals surface area (Å²) in [6, 6.07) is 7.47. The number of amides is 3. The topological polar surface area (TPSA) is 125 Å². The van der Waals surface area contributed by atoms with E-state index in [9.17, 15) is 24.3 Å². The van der Waals surface area contributed by atoms with Crippen LogP contribution in [-0.4, -0.2) is 93.0 Å². The summed E-state index contributed by atoms with van der Waals surface area (Å²) >= 11 is 3.72. The van der Waals surface area contributed by atoms with Crippen molar-refractivity contribution in [3.8, 4) is 0 Å². The highest BCUT2D eigenvalue weighted by Crippen LogP contribution is 2.61. The Morgan fingerprint density at radius 1 is 1.20 bits per heavy atom. The van der Waals surface area contributed by atoms with Crippen molar-refractivity contribution in [2.75, 3.05) is 19.7 Å². The van der Waals surface area contributed by atoms with Crippen molar-refractivity contribution in [3.63, 3.8) is 0 Å². The van der Waals surface area contributed by atoms with Crippen LogP contribution in [0.2, 0.25) is 0 Å². The molecule has 3 aliphatic heterocycles. The maximum atomic E-state index is 14.7. The molecule has 1 aromatic carbocycles. The Hall–Kier alpha value is -3.02. The number of esters is 1. The predicted octanol–water partition coefficient (Wildman–Crippen LogP) is 3.83. The summed E-state index contributed by atoms with van der Waals surface area (Å²) in [7, 11) is 0. The lowest BCUT2D eigenvalue weighted by Gasteiger charge is -2.42. The van der Waals surface area contributed by atoms with Crippen LogP contribution >= 0.6 is 15.9 Å². The average Bonchev–Trinajstić information content (AvgIpc) is 3.67. The van der Waals surface area contributed by atoms with E-state index >= 15 is 0 Å². The van der Waals surface area contributed by atoms with Crippen molar-refractivity contribution >= 4 is 39.6 Å². The molecule has 5 rings (SSSR count). The number of rotatable bonds is 14. The second-order valence-electron chi connectivity index (χ2n) is 13.0. The molecule has 4 aliphatic rings. The standard InChI is InChI=1S/C35H46BrN3O7/c1-4-6-17-27(41)37-20-26(23-13-9-7-10-14-23)45-34(44)28-29-32(42)39(22(3)21-40)31(35(29)19-25(36)30(28)46-35)33(43)38(18-5-2)24-15-11-8-12-16-24/h4-5,7,9-10,13-14,22,24-26,28-31,40H,1-2,6,8,11-12,15-21H2,3H3,(H,37,41)/t22-,25?,26+,28-,29+,30-,31-,35+/m1/s1. The first kappa shape index (κ1) is 34.3. The van der Waals surface area contributed by atoms with Gasteiger partial charge in [-0.1, -0.05) is 77.7 Å². The number of fused-ring (bicyclic) bond motifs is 1. The van der Waals surface area contributed by atoms with Crippen LogP contribution in [0.3, 0.4) is 0 Å². The third-order valence-electron chi connectivity index (χ3n) is 10.1. The number of carbonyl (C=O) groups excluding carboxylic acids is 4. The minimum Gasteiger partial charge on any atom is -0.455 e. The number of aliphatic hydroxyl groups is 1. The van der Waals surface area contributed by atoms with Crippen molar-refractivity contribution in [3.05, 3.63) is 61.2 Å². The number of hydrogen-bond donors (Lipinski definition) is 2. The molecule has 11 heteroatoms. The number of aliphatic hydroxyl groups excluding tert-OH is 1. The second-order valence-corrected chi connectivity index (χ2v) is 14.2. The van der Waals surface area contributed by atoms with Gasteiger partial charge in [0.2, 0.25) is 17.7 Å². The number of benzene rings is 1. The Kier molecular flexibility index (Phi) is 11.1. The third kappa shape index (κ3) is 6.42. The molecule has 250 valence electrons. The number of alkyl halides is 1. The van der Waals surface area contributed by atoms with Gasteiger partial charge in [0.05, 0.1) is 37.1 Å². The number of nitrogens with one attached hydrogen (secondary N) is 1. The molecule has 8 atom stereocenters. The highest BCUT2D eigenvalue weighted by atomic mass is 79.9. The van der Waals surface area contributed by atoms with Crippen molar-refractivity contribution in [2.45, 2.75) is 99.1 Å². The number of halogens is 1. The van der Waals surface area contributed by atoms with Crippen LogP contribution in [0.25, 0.3) is 0 Å². The Morgan fingerprint density at radius 2 is 1.91 bits per heavy atom. The Balaban J connectivity index is 1.46. The van der Waals surface area contributed by atoms with E-state index in [0.717, 1.165) is 32.1 Å². The first-order chi connectivity index (χ1) is 22.2. The smallest absolute Gasteiger partial charge is 0.313 e. The summed E-state index contributed by atoms with van der Waals surface area (Å²) in [4.78, 5) is 58.6. The van der Waals surface area contributed by atoms with Gasteiger partial charge in [-0.25, -0.2) is 0 Å². The SMILES string of the molecule is C=CCCC(=O)NC[C@H](OC(=O)[C@H]1[C@@H]2O[C@@]3(CC2Br)[C@@H]1C(=O)N([C@H](C)CO)[C@@H]3C(=O)N(CC=C)C1CCCCC1)c1ccccc1. The molecule has 1 unspecified atom stereocenters. The number of hydrogen-bond acceptors (Lipinski definition) is 7. The fourth-order valence-corrected chi connectivity index (χ4v) is 8.87. The molecule has 0 aromatic heterocycles. The van der Waals surface area contributed by atoms with Crippen LogP contribution < -0.4 is 5.32 Å². The Morgan fingerprint density at radius 3 is 2.57 bits per heavy atom. The summed E-state index contributed by atoms with van der Waals surface area (Å²) in [6.45, 7) is 9.30. The van der Waals surface area contributed by atoms with Crippen LogP contribution in [0.4, 0.5) is 0 Å². The van der Waals surface area contributed by atoms with Gasteiger partial charge in [0.25, 0.3) is 0 Å². The number of likely N-dealkylation sites (tertiary alicyclic amines) is 1. The molecule has 1 spiro atoms. The van der Waals surface area contributed by atoms with Crippen molar-refractivity contribution in [1.29, 1.82) is 0 Å². The maximum absolute atomic E-state index is 14.7. The van der Waals surface area contributed by atoms with Gasteiger partial charge in [-0.05, 0) is 38.2 Å². The van der Waals surface area contributed by atoms with E-state index in [0.29, 0.717) is 24.9 Å². The van der Waals surface area contributed by atoms with Crippen molar-refractivity contribution in [2.24, 2.45) is 11.8 Å². The summed E-state index contributed by atoms with van der Waals surface area (Å²) < 4.78 is 12.8. The molecule has 46 heavy (non-hydrogen) atoms. The van der Waals surface area contributed by atoms with Gasteiger partial charge in [-0.15, -0.1) is 13.2 Å². The normalized spacial score (nSPS) is 29.9. The quantitative estimate of drug-likeness (QED) is 0.172. The number of ether oxygens (including phenoxy) is 2. The van der Waals surface area contributed by atoms with E-state index in [1.54, 1.807) is 19.1 Å². The molecule has 0 radical (unpaired) electrons. The van der Waals surface area contributed by atoms with E-state index in [2.05, 4.69) is 34.4 Å². The first-order valence-corrected chi connectivity index (χ1v) is 17.4. The van der Waals surface area contributed by atoms with Gasteiger partial charge in [-0.3, -0.25) is 19.2 Å². The second kappa shape index (κ2) is 14.8. The lowest BCUT2D eigenvalue weighted by atomic mass is 9.70. The van der Waals surface area contributed by atoms with Gasteiger partial charge in [0.15, 0.2) is 0 Å². The molecule has 1 aromatic rings. The van der Waals surface area contributed by atoms with Crippen molar-refractivity contribution < 1.29 is 33.8 Å². The van der Waals surface area contributed by atoms with E-state index in [1.807, 2.05) is 35.2 Å². The maximum Gasteiger partial charge on any atom is 0.313 e. The van der Waals surface area contributed by atoms with Crippen LogP contribution in [0.15, 0.2) is 55.6 Å². The predicted molar refractivity (Wildman–Crippen MR) is 176 cm³/mol. The molecule has 1 saturated carbocycles. The van der Waals surface area contributed by atoms with E-state index in [-0.39, 0.29) is 48.2 Å². The molecule has 4 fully saturated rings. The van der Waals surface area contributed by atoms with Gasteiger partial charge in [-0.2, -0.15) is 0 Å². The number of allylic oxidation sites excluding steroid dienone is 1. The number of nitrogens with zero attached hydrogens (tertiary/aromatic N) is 2. The van der Waals surface area contributed by atoms with E-state index in [4.69, 9.17) is 9.47 Å². The molecule has 2 bridgehead atoms. The Bertz CT molecular complexity index is 1300. The lowest BCUT2D eigenvalue weighted by molar-refractivity contribution is -0.161. The van der Waals surface area contributed by atoms with Gasteiger partial charge in [0, 0.05) is 23.8 Å². The average molecular weight is 701 g/mol. The zero-order valence-corrected chi connectivity index (χ0v) is 28.1. The summed E-state index contributed by atoms with van der Waals surface area (Å²) in [5, 5.41) is 13.1. The Labute approximate surface area is 279 Å². The lowest BCUT2D eigenvalue weighted by Crippen LogP contribution is -2.60. The molecule has 3 heterocycles. The fourth-order valence-electron chi connectivity index (χ4n) is 7.93. The minimum atomic E-state index is -1.27. The highest BCUT2D eigenvalue weighted by molar-refractivity contribution is 9.09. The van der Waals surface area contributed by atoms with Crippen LogP contribution in [0.1, 0.15) is 70.0 Å². The minimum absolute atomic E-state index is 0.0172. The van der Waals surface area contributed by atoms with Crippen LogP contribution in [0.5, 0.6) is 0 Å². The zero-order chi connectivity index (χ0) is 33.0. The van der Waals surface area contributed by atoms with Crippen molar-refractivity contribution in [1.82, 2.24) is 15.1 Å². The molecule has 1 aliphatic carbocycles. The largest absolute Gasteiger partial charge is 0.455 e. The molecular weight excluding hydrogens is 654 g/mol. The summed E-state index contributed by atoms with van der Waals surface area (Å²) in [5.74, 6) is -3.38. The summed E-state index contributed by atoms with van der Waals surface area (Å²) in [5.41, 5.74) is -0.571. The van der Waals surface area contributed by atoms with Gasteiger partial charge >= 0.3 is 5.97 Å². The zero-order valence-electron chi connectivity index (χ0n) is 26.5. The fraction of sp³-hybridized carbons (Fsp3) is 0.600. The number of carbonyl (C=O) groups is 4. The van der Waals surface area contributed by atoms with Crippen LogP contribution in [-0.2, 0) is 28.7 Å². The first-order valence-electron chi connectivity index (χ1n) is 16.5. The van der Waals surface area contributed by atoms with E-state index in [1.165, 1.54) is 4.90 Å². The summed E-state index contributed by atoms with van der Waals surface area (Å²) in [6.07, 6.45) is 7.93. The molecule has 3 amide bonds. The monoisotopic (exact) mass is 699 g/mol. The van der Waals surface area contributed by atoms with E-state index < -0.39 is 47.7 Å². The van der Waals surface area contributed by atoms with Gasteiger partial charge in [0.1, 0.15) is 17.7 Å². The highest BCUT2D eigenvalue weighted by Gasteiger charge is 2.77. The molecule has 10 nitrogen and oxygen atoms in total. The molecule has 3 saturated heterocycles.